The summed E-state index contributed by atoms with van der Waals surface area (Å²) in [6, 6.07) is 6.02. The van der Waals surface area contributed by atoms with Gasteiger partial charge in [0, 0.05) is 6.07 Å². The van der Waals surface area contributed by atoms with Crippen molar-refractivity contribution in [2.45, 2.75) is 33.5 Å². The maximum Gasteiger partial charge on any atom is 0.283 e. The predicted molar refractivity (Wildman–Crippen MR) is 66.0 cm³/mol. The molecule has 1 aromatic carbocycles. The van der Waals surface area contributed by atoms with Gasteiger partial charge in [0.2, 0.25) is 0 Å². The van der Waals surface area contributed by atoms with Gasteiger partial charge in [0.25, 0.3) is 5.82 Å². The van der Waals surface area contributed by atoms with Crippen molar-refractivity contribution in [3.05, 3.63) is 24.0 Å². The lowest BCUT2D eigenvalue weighted by Gasteiger charge is -1.98. The molecule has 18 heavy (non-hydrogen) atoms. The first kappa shape index (κ1) is 15.2. The second-order valence-electron chi connectivity index (χ2n) is 3.92. The molecular weight excluding hydrogens is 343 g/mol. The quantitative estimate of drug-likeness (QED) is 0.530. The number of benzene rings is 1. The molecule has 0 fully saturated rings. The molecule has 100 valence electrons. The molecule has 2 aromatic rings. The summed E-state index contributed by atoms with van der Waals surface area (Å²) in [4.78, 5) is 0. The summed E-state index contributed by atoms with van der Waals surface area (Å²) in [7, 11) is 1.67. The molecule has 2 rings (SSSR count). The van der Waals surface area contributed by atoms with E-state index in [2.05, 4.69) is 23.0 Å². The van der Waals surface area contributed by atoms with Crippen LogP contribution >= 0.6 is 0 Å². The zero-order valence-electron chi connectivity index (χ0n) is 11.0. The topological polar surface area (TPSA) is 38.3 Å². The number of rotatable bonds is 4. The fourth-order valence-electron chi connectivity index (χ4n) is 2.37. The summed E-state index contributed by atoms with van der Waals surface area (Å²) in [6.07, 6.45) is 0. The first-order valence-electron chi connectivity index (χ1n) is 5.96. The highest BCUT2D eigenvalue weighted by molar-refractivity contribution is 5.74. The van der Waals surface area contributed by atoms with E-state index < -0.39 is 0 Å². The first-order valence-corrected chi connectivity index (χ1v) is 5.96. The van der Waals surface area contributed by atoms with Crippen molar-refractivity contribution < 1.29 is 38.4 Å². The highest BCUT2D eigenvalue weighted by Gasteiger charge is 2.22. The van der Waals surface area contributed by atoms with Crippen molar-refractivity contribution in [3.8, 4) is 5.75 Å². The molecule has 0 saturated heterocycles. The molecule has 4 nitrogen and oxygen atoms in total. The van der Waals surface area contributed by atoms with Gasteiger partial charge in [0.1, 0.15) is 12.4 Å². The van der Waals surface area contributed by atoms with Crippen LogP contribution in [0, 0.1) is 0 Å². The van der Waals surface area contributed by atoms with Crippen LogP contribution in [0.25, 0.3) is 11.0 Å². The SMILES string of the molecule is CCn1c(CO)[n+](CC)c2ccc(OC)cc21.[I-]. The van der Waals surface area contributed by atoms with E-state index in [0.29, 0.717) is 0 Å². The van der Waals surface area contributed by atoms with Gasteiger partial charge in [-0.3, -0.25) is 0 Å². The number of methoxy groups -OCH3 is 1. The second kappa shape index (κ2) is 6.38. The number of aliphatic hydroxyl groups is 1. The van der Waals surface area contributed by atoms with Crippen molar-refractivity contribution in [2.24, 2.45) is 0 Å². The Kier molecular flexibility index (Phi) is 5.40. The highest BCUT2D eigenvalue weighted by Crippen LogP contribution is 2.21. The molecule has 0 unspecified atom stereocenters. The number of nitrogens with zero attached hydrogens (tertiary/aromatic N) is 2. The van der Waals surface area contributed by atoms with E-state index in [0.717, 1.165) is 35.7 Å². The third-order valence-corrected chi connectivity index (χ3v) is 3.16. The van der Waals surface area contributed by atoms with Crippen molar-refractivity contribution >= 4 is 11.0 Å². The minimum Gasteiger partial charge on any atom is -1.00 e. The molecule has 5 heteroatoms. The number of imidazole rings is 1. The first-order chi connectivity index (χ1) is 8.26. The maximum atomic E-state index is 9.52. The average Bonchev–Trinajstić information content (AvgIpc) is 2.69. The predicted octanol–water partition coefficient (Wildman–Crippen LogP) is -1.53. The summed E-state index contributed by atoms with van der Waals surface area (Å²) >= 11 is 0. The van der Waals surface area contributed by atoms with E-state index in [1.807, 2.05) is 18.2 Å². The van der Waals surface area contributed by atoms with Crippen LogP contribution in [0.1, 0.15) is 19.7 Å². The Balaban J connectivity index is 0.00000162. The molecule has 1 heterocycles. The van der Waals surface area contributed by atoms with Crippen LogP contribution in [0.2, 0.25) is 0 Å². The zero-order chi connectivity index (χ0) is 12.4. The van der Waals surface area contributed by atoms with E-state index in [9.17, 15) is 5.11 Å². The Bertz CT molecular complexity index is 537. The summed E-state index contributed by atoms with van der Waals surface area (Å²) in [5, 5.41) is 9.52. The van der Waals surface area contributed by atoms with Gasteiger partial charge in [-0.1, -0.05) is 0 Å². The van der Waals surface area contributed by atoms with Gasteiger partial charge in [0.15, 0.2) is 11.0 Å². The van der Waals surface area contributed by atoms with Gasteiger partial charge in [-0.2, -0.15) is 0 Å². The Morgan fingerprint density at radius 2 is 2.06 bits per heavy atom. The number of aromatic nitrogens is 2. The molecule has 0 spiro atoms. The number of hydrogen-bond acceptors (Lipinski definition) is 2. The van der Waals surface area contributed by atoms with E-state index in [1.165, 1.54) is 0 Å². The van der Waals surface area contributed by atoms with E-state index in [4.69, 9.17) is 4.74 Å². The van der Waals surface area contributed by atoms with Crippen LogP contribution < -0.4 is 33.3 Å². The summed E-state index contributed by atoms with van der Waals surface area (Å²) in [6.45, 7) is 5.91. The van der Waals surface area contributed by atoms with Crippen molar-refractivity contribution in [1.82, 2.24) is 4.57 Å². The normalized spacial score (nSPS) is 10.4. The Morgan fingerprint density at radius 3 is 2.56 bits per heavy atom. The molecule has 0 bridgehead atoms. The molecular formula is C13H19IN2O2. The van der Waals surface area contributed by atoms with Gasteiger partial charge in [0.05, 0.1) is 20.2 Å². The molecule has 1 aromatic heterocycles. The fourth-order valence-corrected chi connectivity index (χ4v) is 2.37. The molecule has 0 saturated carbocycles. The number of ether oxygens (including phenoxy) is 1. The third kappa shape index (κ3) is 2.33. The van der Waals surface area contributed by atoms with Gasteiger partial charge < -0.3 is 33.8 Å². The number of aryl methyl sites for hydroxylation is 2. The number of fused-ring (bicyclic) bond motifs is 1. The molecule has 0 amide bonds. The van der Waals surface area contributed by atoms with Crippen LogP contribution in [-0.2, 0) is 19.7 Å². The van der Waals surface area contributed by atoms with E-state index >= 15 is 0 Å². The average molecular weight is 362 g/mol. The summed E-state index contributed by atoms with van der Waals surface area (Å²) in [5.74, 6) is 1.79. The number of aliphatic hydroxyl groups excluding tert-OH is 1. The highest BCUT2D eigenvalue weighted by atomic mass is 127. The van der Waals surface area contributed by atoms with Gasteiger partial charge in [-0.05, 0) is 26.0 Å². The van der Waals surface area contributed by atoms with Crippen LogP contribution in [-0.4, -0.2) is 16.8 Å². The standard InChI is InChI=1S/C13H19N2O2.HI/c1-4-14-11-7-6-10(17-3)8-12(11)15(5-2)13(14)9-16;/h6-8,16H,4-5,9H2,1-3H3;1H/q+1;/p-1. The minimum atomic E-state index is 0. The lowest BCUT2D eigenvalue weighted by molar-refractivity contribution is -0.678. The van der Waals surface area contributed by atoms with Crippen LogP contribution in [0.3, 0.4) is 0 Å². The third-order valence-electron chi connectivity index (χ3n) is 3.16. The molecule has 1 N–H and O–H groups in total. The monoisotopic (exact) mass is 362 g/mol. The van der Waals surface area contributed by atoms with Crippen LogP contribution in [0.15, 0.2) is 18.2 Å². The van der Waals surface area contributed by atoms with Crippen molar-refractivity contribution in [2.75, 3.05) is 7.11 Å². The Hall–Kier alpha value is -0.820. The lowest BCUT2D eigenvalue weighted by atomic mass is 10.3. The van der Waals surface area contributed by atoms with Gasteiger partial charge >= 0.3 is 0 Å². The maximum absolute atomic E-state index is 9.52. The van der Waals surface area contributed by atoms with Crippen LogP contribution in [0.5, 0.6) is 5.75 Å². The minimum absolute atomic E-state index is 0. The fraction of sp³-hybridized carbons (Fsp3) is 0.462. The molecule has 0 atom stereocenters. The molecule has 0 aliphatic rings. The largest absolute Gasteiger partial charge is 1.00 e. The van der Waals surface area contributed by atoms with Gasteiger partial charge in [-0.15, -0.1) is 0 Å². The van der Waals surface area contributed by atoms with Crippen molar-refractivity contribution in [1.29, 1.82) is 0 Å². The molecule has 0 aliphatic carbocycles. The van der Waals surface area contributed by atoms with E-state index in [1.54, 1.807) is 7.11 Å². The van der Waals surface area contributed by atoms with Crippen molar-refractivity contribution in [3.63, 3.8) is 0 Å². The Morgan fingerprint density at radius 1 is 1.33 bits per heavy atom. The Labute approximate surface area is 124 Å². The van der Waals surface area contributed by atoms with Gasteiger partial charge in [-0.25, -0.2) is 9.13 Å². The summed E-state index contributed by atoms with van der Waals surface area (Å²) in [5.41, 5.74) is 2.25. The van der Waals surface area contributed by atoms with Crippen LogP contribution in [0.4, 0.5) is 0 Å². The number of halogens is 1. The molecule has 0 aliphatic heterocycles. The number of hydrogen-bond donors (Lipinski definition) is 1. The van der Waals surface area contributed by atoms with E-state index in [-0.39, 0.29) is 30.6 Å². The summed E-state index contributed by atoms with van der Waals surface area (Å²) < 4.78 is 9.52. The second-order valence-corrected chi connectivity index (χ2v) is 3.92. The lowest BCUT2D eigenvalue weighted by Crippen LogP contribution is -3.00. The zero-order valence-corrected chi connectivity index (χ0v) is 13.1. The smallest absolute Gasteiger partial charge is 0.283 e. The molecule has 0 radical (unpaired) electrons.